The molecule has 5 nitrogen and oxygen atoms in total. The second kappa shape index (κ2) is 9.95. The Morgan fingerprint density at radius 3 is 2.37 bits per heavy atom. The van der Waals surface area contributed by atoms with Gasteiger partial charge in [-0.15, -0.1) is 0 Å². The predicted molar refractivity (Wildman–Crippen MR) is 109 cm³/mol. The maximum atomic E-state index is 12.5. The fourth-order valence-corrected chi connectivity index (χ4v) is 3.33. The monoisotopic (exact) mass is 421 g/mol. The number of likely N-dealkylation sites (N-methyl/N-ethyl adjacent to an activating group) is 1. The maximum absolute atomic E-state index is 12.5. The molecule has 0 radical (unpaired) electrons. The molecule has 0 spiro atoms. The number of halogens is 3. The fourth-order valence-electron chi connectivity index (χ4n) is 3.33. The lowest BCUT2D eigenvalue weighted by Crippen LogP contribution is -2.45. The lowest BCUT2D eigenvalue weighted by atomic mass is 10.1. The molecule has 2 aromatic rings. The number of rotatable bonds is 7. The van der Waals surface area contributed by atoms with Crippen LogP contribution in [0.15, 0.2) is 48.5 Å². The number of anilines is 1. The van der Waals surface area contributed by atoms with Crippen LogP contribution < -0.4 is 10.2 Å². The molecule has 0 aromatic heterocycles. The molecule has 1 N–H and O–H groups in total. The van der Waals surface area contributed by atoms with E-state index < -0.39 is 12.8 Å². The molecule has 1 heterocycles. The summed E-state index contributed by atoms with van der Waals surface area (Å²) in [6, 6.07) is 14.4. The zero-order valence-corrected chi connectivity index (χ0v) is 16.9. The van der Waals surface area contributed by atoms with Crippen LogP contribution in [0, 0.1) is 0 Å². The van der Waals surface area contributed by atoms with Gasteiger partial charge in [0.2, 0.25) is 0 Å². The lowest BCUT2D eigenvalue weighted by molar-refractivity contribution is -0.176. The summed E-state index contributed by atoms with van der Waals surface area (Å²) in [5.41, 5.74) is 3.21. The van der Waals surface area contributed by atoms with Crippen molar-refractivity contribution >= 4 is 11.6 Å². The number of amides is 1. The number of para-hydroxylation sites is 1. The molecule has 0 atom stereocenters. The van der Waals surface area contributed by atoms with Gasteiger partial charge in [-0.05, 0) is 36.4 Å². The van der Waals surface area contributed by atoms with Crippen LogP contribution >= 0.6 is 0 Å². The van der Waals surface area contributed by atoms with Crippen LogP contribution in [-0.4, -0.2) is 56.8 Å². The number of nitrogens with zero attached hydrogens (tertiary/aromatic N) is 2. The Balaban J connectivity index is 1.54. The first kappa shape index (κ1) is 22.1. The van der Waals surface area contributed by atoms with E-state index in [0.29, 0.717) is 17.7 Å². The first-order chi connectivity index (χ1) is 14.3. The molecule has 0 bridgehead atoms. The molecule has 2 aromatic carbocycles. The largest absolute Gasteiger partial charge is 0.411 e. The summed E-state index contributed by atoms with van der Waals surface area (Å²) in [6.07, 6.45) is -4.35. The Morgan fingerprint density at radius 2 is 1.70 bits per heavy atom. The van der Waals surface area contributed by atoms with E-state index in [4.69, 9.17) is 0 Å². The molecule has 1 aliphatic heterocycles. The molecule has 8 heteroatoms. The van der Waals surface area contributed by atoms with Gasteiger partial charge in [-0.2, -0.15) is 13.2 Å². The van der Waals surface area contributed by atoms with Crippen molar-refractivity contribution in [2.24, 2.45) is 0 Å². The van der Waals surface area contributed by atoms with Crippen molar-refractivity contribution < 1.29 is 22.7 Å². The summed E-state index contributed by atoms with van der Waals surface area (Å²) < 4.78 is 41.0. The van der Waals surface area contributed by atoms with E-state index in [9.17, 15) is 18.0 Å². The smallest absolute Gasteiger partial charge is 0.369 e. The van der Waals surface area contributed by atoms with Crippen LogP contribution in [0.5, 0.6) is 0 Å². The van der Waals surface area contributed by atoms with E-state index in [1.807, 2.05) is 18.2 Å². The van der Waals surface area contributed by atoms with Gasteiger partial charge in [-0.3, -0.25) is 4.79 Å². The van der Waals surface area contributed by atoms with Crippen LogP contribution in [0.25, 0.3) is 0 Å². The molecular weight excluding hydrogens is 395 g/mol. The Hall–Kier alpha value is -2.58. The molecule has 162 valence electrons. The fraction of sp³-hybridized carbons (Fsp3) is 0.409. The molecule has 1 aliphatic rings. The third kappa shape index (κ3) is 6.47. The van der Waals surface area contributed by atoms with E-state index in [-0.39, 0.29) is 12.5 Å². The van der Waals surface area contributed by atoms with Gasteiger partial charge in [0.15, 0.2) is 0 Å². The topological polar surface area (TPSA) is 44.8 Å². The van der Waals surface area contributed by atoms with Gasteiger partial charge in [-0.25, -0.2) is 0 Å². The maximum Gasteiger partial charge on any atom is 0.411 e. The van der Waals surface area contributed by atoms with Crippen molar-refractivity contribution in [3.63, 3.8) is 0 Å². The van der Waals surface area contributed by atoms with Crippen molar-refractivity contribution in [1.82, 2.24) is 10.2 Å². The van der Waals surface area contributed by atoms with Gasteiger partial charge in [0.25, 0.3) is 5.91 Å². The minimum Gasteiger partial charge on any atom is -0.369 e. The third-order valence-electron chi connectivity index (χ3n) is 5.03. The Kier molecular flexibility index (Phi) is 7.33. The van der Waals surface area contributed by atoms with Gasteiger partial charge in [0, 0.05) is 44.0 Å². The summed E-state index contributed by atoms with van der Waals surface area (Å²) in [4.78, 5) is 17.1. The van der Waals surface area contributed by atoms with E-state index in [1.165, 1.54) is 0 Å². The number of alkyl halides is 3. The minimum absolute atomic E-state index is 0.153. The van der Waals surface area contributed by atoms with Gasteiger partial charge >= 0.3 is 6.18 Å². The summed E-state index contributed by atoms with van der Waals surface area (Å²) in [5, 5.41) is 2.93. The molecule has 3 rings (SSSR count). The predicted octanol–water partition coefficient (Wildman–Crippen LogP) is 3.45. The molecular formula is C22H26F3N3O2. The van der Waals surface area contributed by atoms with Crippen LogP contribution in [0.4, 0.5) is 18.9 Å². The van der Waals surface area contributed by atoms with Crippen molar-refractivity contribution in [3.05, 3.63) is 65.2 Å². The number of hydrogen-bond acceptors (Lipinski definition) is 4. The molecule has 30 heavy (non-hydrogen) atoms. The molecule has 1 amide bonds. The van der Waals surface area contributed by atoms with Gasteiger partial charge < -0.3 is 19.9 Å². The van der Waals surface area contributed by atoms with Crippen LogP contribution in [0.3, 0.4) is 0 Å². The zero-order valence-electron chi connectivity index (χ0n) is 16.9. The summed E-state index contributed by atoms with van der Waals surface area (Å²) in [6.45, 7) is 2.84. The van der Waals surface area contributed by atoms with E-state index in [0.717, 1.165) is 37.4 Å². The molecule has 0 unspecified atom stereocenters. The third-order valence-corrected chi connectivity index (χ3v) is 5.03. The number of piperazine rings is 1. The molecule has 0 aliphatic carbocycles. The highest BCUT2D eigenvalue weighted by Gasteiger charge is 2.27. The quantitative estimate of drug-likeness (QED) is 0.744. The molecule has 1 saturated heterocycles. The van der Waals surface area contributed by atoms with Crippen LogP contribution in [0.1, 0.15) is 21.5 Å². The Bertz CT molecular complexity index is 832. The van der Waals surface area contributed by atoms with Gasteiger partial charge in [-0.1, -0.05) is 30.3 Å². The number of nitrogens with one attached hydrogen (secondary N) is 1. The number of benzene rings is 2. The van der Waals surface area contributed by atoms with Gasteiger partial charge in [0.1, 0.15) is 6.61 Å². The van der Waals surface area contributed by atoms with E-state index >= 15 is 0 Å². The van der Waals surface area contributed by atoms with Gasteiger partial charge in [0.05, 0.1) is 6.61 Å². The second-order valence-electron chi connectivity index (χ2n) is 7.41. The first-order valence-corrected chi connectivity index (χ1v) is 9.85. The van der Waals surface area contributed by atoms with E-state index in [2.05, 4.69) is 33.0 Å². The van der Waals surface area contributed by atoms with Crippen molar-refractivity contribution in [2.45, 2.75) is 19.3 Å². The van der Waals surface area contributed by atoms with E-state index in [1.54, 1.807) is 24.3 Å². The highest BCUT2D eigenvalue weighted by atomic mass is 19.4. The number of carbonyl (C=O) groups excluding carboxylic acids is 1. The van der Waals surface area contributed by atoms with Crippen LogP contribution in [-0.2, 0) is 17.9 Å². The summed E-state index contributed by atoms with van der Waals surface area (Å²) >= 11 is 0. The number of ether oxygens (including phenoxy) is 1. The number of carbonyl (C=O) groups is 1. The van der Waals surface area contributed by atoms with Crippen LogP contribution in [0.2, 0.25) is 0 Å². The highest BCUT2D eigenvalue weighted by Crippen LogP contribution is 2.22. The highest BCUT2D eigenvalue weighted by molar-refractivity contribution is 5.94. The molecule has 1 fully saturated rings. The zero-order chi connectivity index (χ0) is 21.6. The lowest BCUT2D eigenvalue weighted by Gasteiger charge is -2.35. The average Bonchev–Trinajstić information content (AvgIpc) is 2.72. The van der Waals surface area contributed by atoms with Crippen molar-refractivity contribution in [1.29, 1.82) is 0 Å². The summed E-state index contributed by atoms with van der Waals surface area (Å²) in [5.74, 6) is -0.231. The second-order valence-corrected chi connectivity index (χ2v) is 7.41. The number of hydrogen-bond donors (Lipinski definition) is 1. The minimum atomic E-state index is -4.35. The Labute approximate surface area is 174 Å². The van der Waals surface area contributed by atoms with Crippen molar-refractivity contribution in [3.8, 4) is 0 Å². The first-order valence-electron chi connectivity index (χ1n) is 9.85. The SMILES string of the molecule is CN1CCN(c2ccccc2CNC(=O)c2ccc(COCC(F)(F)F)cc2)CC1. The summed E-state index contributed by atoms with van der Waals surface area (Å²) in [7, 11) is 2.11. The van der Waals surface area contributed by atoms with Crippen molar-refractivity contribution in [2.75, 3.05) is 44.7 Å². The molecule has 0 saturated carbocycles. The average molecular weight is 421 g/mol. The standard InChI is InChI=1S/C22H26F3N3O2/c1-27-10-12-28(13-11-27)20-5-3-2-4-19(20)14-26-21(29)18-8-6-17(7-9-18)15-30-16-22(23,24)25/h2-9H,10-16H2,1H3,(H,26,29). The Morgan fingerprint density at radius 1 is 1.03 bits per heavy atom. The normalized spacial score (nSPS) is 15.3.